The third-order valence-corrected chi connectivity index (χ3v) is 2.76. The van der Waals surface area contributed by atoms with E-state index < -0.39 is 5.97 Å². The number of carbonyl (C=O) groups excluding carboxylic acids is 1. The molecule has 1 rings (SSSR count). The number of nitrogens with zero attached hydrogens (tertiary/aromatic N) is 1. The first kappa shape index (κ1) is 16.3. The first-order valence-electron chi connectivity index (χ1n) is 7.16. The van der Waals surface area contributed by atoms with Gasteiger partial charge in [-0.25, -0.2) is 0 Å². The highest BCUT2D eigenvalue weighted by molar-refractivity contribution is 5.69. The molecule has 5 nitrogen and oxygen atoms in total. The maximum absolute atomic E-state index is 12.0. The summed E-state index contributed by atoms with van der Waals surface area (Å²) in [6.45, 7) is 4.88. The van der Waals surface area contributed by atoms with Crippen molar-refractivity contribution >= 4 is 5.97 Å². The number of unbranched alkanes of at least 4 members (excludes halogenated alkanes) is 2. The van der Waals surface area contributed by atoms with Crippen LogP contribution in [-0.2, 0) is 16.1 Å². The minimum Gasteiger partial charge on any atom is -0.488 e. The molecule has 112 valence electrons. The van der Waals surface area contributed by atoms with Crippen molar-refractivity contribution in [3.05, 3.63) is 28.7 Å². The Bertz CT molecular complexity index is 467. The maximum Gasteiger partial charge on any atom is 0.326 e. The van der Waals surface area contributed by atoms with Crippen LogP contribution < -0.4 is 10.3 Å². The number of rotatable bonds is 9. The molecule has 0 unspecified atom stereocenters. The van der Waals surface area contributed by atoms with E-state index in [2.05, 4.69) is 6.92 Å². The molecule has 0 aliphatic carbocycles. The lowest BCUT2D eigenvalue weighted by atomic mass is 10.3. The van der Waals surface area contributed by atoms with Gasteiger partial charge in [-0.3, -0.25) is 9.59 Å². The summed E-state index contributed by atoms with van der Waals surface area (Å²) in [6.07, 6.45) is 5.36. The number of ether oxygens (including phenoxy) is 2. The highest BCUT2D eigenvalue weighted by Gasteiger charge is 2.09. The summed E-state index contributed by atoms with van der Waals surface area (Å²) in [5.41, 5.74) is -0.300. The lowest BCUT2D eigenvalue weighted by Crippen LogP contribution is -2.26. The van der Waals surface area contributed by atoms with E-state index in [1.54, 1.807) is 18.3 Å². The highest BCUT2D eigenvalue weighted by atomic mass is 16.5. The van der Waals surface area contributed by atoms with E-state index >= 15 is 0 Å². The Balaban J connectivity index is 2.54. The van der Waals surface area contributed by atoms with Gasteiger partial charge in [-0.05, 0) is 25.0 Å². The van der Waals surface area contributed by atoms with Gasteiger partial charge in [0.15, 0.2) is 5.75 Å². The van der Waals surface area contributed by atoms with Crippen LogP contribution in [0.3, 0.4) is 0 Å². The number of pyridine rings is 1. The van der Waals surface area contributed by atoms with Crippen LogP contribution in [0.4, 0.5) is 0 Å². The molecule has 0 aromatic carbocycles. The van der Waals surface area contributed by atoms with Gasteiger partial charge in [-0.2, -0.15) is 0 Å². The molecule has 0 aliphatic heterocycles. The van der Waals surface area contributed by atoms with Gasteiger partial charge in [0.1, 0.15) is 6.54 Å². The zero-order chi connectivity index (χ0) is 14.8. The number of aromatic nitrogens is 1. The van der Waals surface area contributed by atoms with Gasteiger partial charge in [0, 0.05) is 6.20 Å². The average Bonchev–Trinajstić information content (AvgIpc) is 2.44. The van der Waals surface area contributed by atoms with E-state index in [1.165, 1.54) is 4.57 Å². The molecule has 0 N–H and O–H groups in total. The van der Waals surface area contributed by atoms with Gasteiger partial charge in [-0.15, -0.1) is 0 Å². The Kier molecular flexibility index (Phi) is 7.47. The Morgan fingerprint density at radius 3 is 2.70 bits per heavy atom. The largest absolute Gasteiger partial charge is 0.488 e. The predicted octanol–water partition coefficient (Wildman–Crippen LogP) is 2.37. The molecule has 1 aromatic rings. The fourth-order valence-electron chi connectivity index (χ4n) is 1.68. The van der Waals surface area contributed by atoms with Crippen molar-refractivity contribution in [2.24, 2.45) is 0 Å². The lowest BCUT2D eigenvalue weighted by Gasteiger charge is -2.09. The molecule has 0 bridgehead atoms. The third kappa shape index (κ3) is 5.47. The van der Waals surface area contributed by atoms with Gasteiger partial charge in [0.25, 0.3) is 5.56 Å². The molecule has 0 amide bonds. The summed E-state index contributed by atoms with van der Waals surface area (Å²) >= 11 is 0. The maximum atomic E-state index is 12.0. The zero-order valence-corrected chi connectivity index (χ0v) is 12.3. The van der Waals surface area contributed by atoms with Crippen molar-refractivity contribution < 1.29 is 14.3 Å². The lowest BCUT2D eigenvalue weighted by molar-refractivity contribution is -0.144. The van der Waals surface area contributed by atoms with Crippen LogP contribution in [0.2, 0.25) is 0 Å². The quantitative estimate of drug-likeness (QED) is 0.515. The number of hydrogen-bond acceptors (Lipinski definition) is 4. The fraction of sp³-hybridized carbons (Fsp3) is 0.600. The second-order valence-electron chi connectivity index (χ2n) is 4.58. The van der Waals surface area contributed by atoms with Gasteiger partial charge in [0.05, 0.1) is 13.2 Å². The molecule has 0 spiro atoms. The Morgan fingerprint density at radius 2 is 2.00 bits per heavy atom. The second kappa shape index (κ2) is 9.18. The highest BCUT2D eigenvalue weighted by Crippen LogP contribution is 2.03. The van der Waals surface area contributed by atoms with Crippen LogP contribution in [0.15, 0.2) is 23.1 Å². The summed E-state index contributed by atoms with van der Waals surface area (Å²) < 4.78 is 11.7. The van der Waals surface area contributed by atoms with Gasteiger partial charge in [-0.1, -0.05) is 26.7 Å². The SMILES string of the molecule is CCCCCOC(=O)Cn1cccc(OCCC)c1=O. The third-order valence-electron chi connectivity index (χ3n) is 2.76. The summed E-state index contributed by atoms with van der Waals surface area (Å²) in [5, 5.41) is 0. The van der Waals surface area contributed by atoms with Gasteiger partial charge in [0.2, 0.25) is 0 Å². The summed E-state index contributed by atoms with van der Waals surface area (Å²) in [4.78, 5) is 23.6. The van der Waals surface area contributed by atoms with Crippen LogP contribution in [0, 0.1) is 0 Å². The molecule has 0 radical (unpaired) electrons. The van der Waals surface area contributed by atoms with Crippen LogP contribution >= 0.6 is 0 Å². The monoisotopic (exact) mass is 281 g/mol. The second-order valence-corrected chi connectivity index (χ2v) is 4.58. The minimum absolute atomic E-state index is 0.0751. The van der Waals surface area contributed by atoms with Crippen molar-refractivity contribution in [2.45, 2.75) is 46.1 Å². The Labute approximate surface area is 119 Å². The zero-order valence-electron chi connectivity index (χ0n) is 12.3. The molecule has 0 aliphatic rings. The normalized spacial score (nSPS) is 10.3. The van der Waals surface area contributed by atoms with E-state index in [0.717, 1.165) is 25.7 Å². The van der Waals surface area contributed by atoms with Crippen LogP contribution in [0.1, 0.15) is 39.5 Å². The van der Waals surface area contributed by atoms with Crippen LogP contribution in [-0.4, -0.2) is 23.8 Å². The molecule has 0 atom stereocenters. The number of esters is 1. The summed E-state index contributed by atoms with van der Waals surface area (Å²) in [7, 11) is 0. The van der Waals surface area contributed by atoms with E-state index in [-0.39, 0.29) is 17.9 Å². The van der Waals surface area contributed by atoms with Crippen molar-refractivity contribution in [3.8, 4) is 5.75 Å². The Hall–Kier alpha value is -1.78. The standard InChI is InChI=1S/C15H23NO4/c1-3-5-6-11-20-14(17)12-16-9-7-8-13(15(16)18)19-10-4-2/h7-9H,3-6,10-12H2,1-2H3. The molecule has 0 fully saturated rings. The molecule has 0 saturated heterocycles. The molecule has 1 aromatic heterocycles. The fourth-order valence-corrected chi connectivity index (χ4v) is 1.68. The van der Waals surface area contributed by atoms with Gasteiger partial charge < -0.3 is 14.0 Å². The predicted molar refractivity (Wildman–Crippen MR) is 77.0 cm³/mol. The van der Waals surface area contributed by atoms with E-state index in [4.69, 9.17) is 9.47 Å². The van der Waals surface area contributed by atoms with Crippen molar-refractivity contribution in [1.29, 1.82) is 0 Å². The van der Waals surface area contributed by atoms with Gasteiger partial charge >= 0.3 is 5.97 Å². The van der Waals surface area contributed by atoms with Crippen LogP contribution in [0.5, 0.6) is 5.75 Å². The smallest absolute Gasteiger partial charge is 0.326 e. The van der Waals surface area contributed by atoms with Crippen molar-refractivity contribution in [2.75, 3.05) is 13.2 Å². The first-order chi connectivity index (χ1) is 9.69. The topological polar surface area (TPSA) is 57.5 Å². The molecular formula is C15H23NO4. The van der Waals surface area contributed by atoms with Crippen LogP contribution in [0.25, 0.3) is 0 Å². The molecular weight excluding hydrogens is 258 g/mol. The van der Waals surface area contributed by atoms with E-state index in [9.17, 15) is 9.59 Å². The number of hydrogen-bond donors (Lipinski definition) is 0. The van der Waals surface area contributed by atoms with Crippen molar-refractivity contribution in [3.63, 3.8) is 0 Å². The minimum atomic E-state index is -0.393. The average molecular weight is 281 g/mol. The van der Waals surface area contributed by atoms with E-state index in [1.807, 2.05) is 6.92 Å². The molecule has 0 saturated carbocycles. The Morgan fingerprint density at radius 1 is 1.20 bits per heavy atom. The first-order valence-corrected chi connectivity index (χ1v) is 7.16. The van der Waals surface area contributed by atoms with E-state index in [0.29, 0.717) is 13.2 Å². The molecule has 20 heavy (non-hydrogen) atoms. The summed E-state index contributed by atoms with van der Waals surface area (Å²) in [5.74, 6) is -0.121. The van der Waals surface area contributed by atoms with Crippen molar-refractivity contribution in [1.82, 2.24) is 4.57 Å². The number of carbonyl (C=O) groups is 1. The molecule has 1 heterocycles. The molecule has 5 heteroatoms. The summed E-state index contributed by atoms with van der Waals surface area (Å²) in [6, 6.07) is 3.30.